The van der Waals surface area contributed by atoms with Crippen molar-refractivity contribution in [1.82, 2.24) is 10.2 Å². The average molecular weight is 213 g/mol. The Morgan fingerprint density at radius 1 is 1.60 bits per heavy atom. The predicted molar refractivity (Wildman–Crippen MR) is 61.5 cm³/mol. The summed E-state index contributed by atoms with van der Waals surface area (Å²) < 4.78 is 0. The Morgan fingerprint density at radius 2 is 2.33 bits per heavy atom. The minimum atomic E-state index is -0.229. The molecular weight excluding hydrogens is 190 g/mol. The first-order chi connectivity index (χ1) is 7.15. The molecule has 4 heteroatoms. The number of primary amides is 1. The zero-order valence-electron chi connectivity index (χ0n) is 9.83. The van der Waals surface area contributed by atoms with E-state index in [2.05, 4.69) is 17.1 Å². The van der Waals surface area contributed by atoms with Gasteiger partial charge >= 0.3 is 0 Å². The summed E-state index contributed by atoms with van der Waals surface area (Å²) in [5, 5.41) is 3.48. The number of piperidine rings is 1. The van der Waals surface area contributed by atoms with E-state index in [1.807, 2.05) is 6.92 Å². The van der Waals surface area contributed by atoms with Crippen molar-refractivity contribution in [2.75, 3.05) is 19.6 Å². The minimum Gasteiger partial charge on any atom is -0.368 e. The van der Waals surface area contributed by atoms with E-state index >= 15 is 0 Å². The lowest BCUT2D eigenvalue weighted by atomic mass is 10.0. The van der Waals surface area contributed by atoms with Crippen molar-refractivity contribution in [2.24, 2.45) is 5.73 Å². The largest absolute Gasteiger partial charge is 0.368 e. The Hall–Kier alpha value is -0.610. The average Bonchev–Trinajstić information content (AvgIpc) is 2.26. The van der Waals surface area contributed by atoms with Gasteiger partial charge in [-0.05, 0) is 32.9 Å². The van der Waals surface area contributed by atoms with E-state index < -0.39 is 0 Å². The summed E-state index contributed by atoms with van der Waals surface area (Å²) in [4.78, 5) is 13.2. The number of likely N-dealkylation sites (N-methyl/N-ethyl adjacent to an activating group) is 1. The van der Waals surface area contributed by atoms with E-state index in [-0.39, 0.29) is 11.9 Å². The van der Waals surface area contributed by atoms with Gasteiger partial charge in [-0.3, -0.25) is 9.69 Å². The van der Waals surface area contributed by atoms with Crippen LogP contribution in [0.3, 0.4) is 0 Å². The third-order valence-corrected chi connectivity index (χ3v) is 3.23. The molecule has 0 radical (unpaired) electrons. The van der Waals surface area contributed by atoms with Crippen molar-refractivity contribution in [3.63, 3.8) is 0 Å². The highest BCUT2D eigenvalue weighted by molar-refractivity contribution is 5.79. The van der Waals surface area contributed by atoms with Crippen molar-refractivity contribution < 1.29 is 4.79 Å². The molecule has 1 fully saturated rings. The molecule has 88 valence electrons. The fraction of sp³-hybridized carbons (Fsp3) is 0.909. The lowest BCUT2D eigenvalue weighted by Crippen LogP contribution is -2.50. The van der Waals surface area contributed by atoms with Crippen LogP contribution in [0.1, 0.15) is 33.1 Å². The molecule has 0 bridgehead atoms. The lowest BCUT2D eigenvalue weighted by Gasteiger charge is -2.32. The number of hydrogen-bond donors (Lipinski definition) is 2. The van der Waals surface area contributed by atoms with Gasteiger partial charge in [-0.1, -0.05) is 13.3 Å². The quantitative estimate of drug-likeness (QED) is 0.691. The first-order valence-electron chi connectivity index (χ1n) is 5.92. The van der Waals surface area contributed by atoms with Crippen molar-refractivity contribution in [3.8, 4) is 0 Å². The zero-order chi connectivity index (χ0) is 11.3. The summed E-state index contributed by atoms with van der Waals surface area (Å²) in [6, 6.07) is 0.374. The monoisotopic (exact) mass is 213 g/mol. The molecule has 0 spiro atoms. The SMILES string of the molecule is CCN(CC1CCCCN1)C(C)C(N)=O. The molecule has 1 saturated heterocycles. The van der Waals surface area contributed by atoms with Crippen LogP contribution in [-0.2, 0) is 4.79 Å². The van der Waals surface area contributed by atoms with E-state index in [1.165, 1.54) is 19.3 Å². The van der Waals surface area contributed by atoms with Crippen LogP contribution in [0.15, 0.2) is 0 Å². The van der Waals surface area contributed by atoms with Crippen LogP contribution < -0.4 is 11.1 Å². The van der Waals surface area contributed by atoms with E-state index in [4.69, 9.17) is 5.73 Å². The van der Waals surface area contributed by atoms with E-state index in [0.29, 0.717) is 6.04 Å². The number of nitrogens with one attached hydrogen (secondary N) is 1. The molecule has 15 heavy (non-hydrogen) atoms. The van der Waals surface area contributed by atoms with Crippen LogP contribution in [0.5, 0.6) is 0 Å². The van der Waals surface area contributed by atoms with Crippen LogP contribution >= 0.6 is 0 Å². The van der Waals surface area contributed by atoms with Crippen molar-refractivity contribution in [3.05, 3.63) is 0 Å². The Balaban J connectivity index is 2.41. The molecule has 0 saturated carbocycles. The maximum atomic E-state index is 11.1. The molecule has 2 unspecified atom stereocenters. The standard InChI is InChI=1S/C11H23N3O/c1-3-14(9(2)11(12)15)8-10-6-4-5-7-13-10/h9-10,13H,3-8H2,1-2H3,(H2,12,15). The summed E-state index contributed by atoms with van der Waals surface area (Å²) in [5.74, 6) is -0.229. The van der Waals surface area contributed by atoms with Crippen LogP contribution in [0.4, 0.5) is 0 Å². The molecule has 0 aliphatic carbocycles. The Morgan fingerprint density at radius 3 is 2.80 bits per heavy atom. The zero-order valence-corrected chi connectivity index (χ0v) is 9.83. The van der Waals surface area contributed by atoms with Gasteiger partial charge in [-0.2, -0.15) is 0 Å². The van der Waals surface area contributed by atoms with Crippen LogP contribution in [-0.4, -0.2) is 42.5 Å². The van der Waals surface area contributed by atoms with Crippen LogP contribution in [0.2, 0.25) is 0 Å². The summed E-state index contributed by atoms with van der Waals surface area (Å²) in [7, 11) is 0. The molecule has 0 aromatic heterocycles. The number of nitrogens with zero attached hydrogens (tertiary/aromatic N) is 1. The third-order valence-electron chi connectivity index (χ3n) is 3.23. The van der Waals surface area contributed by atoms with Crippen molar-refractivity contribution in [1.29, 1.82) is 0 Å². The van der Waals surface area contributed by atoms with Gasteiger partial charge in [0.2, 0.25) is 5.91 Å². The first-order valence-corrected chi connectivity index (χ1v) is 5.92. The van der Waals surface area contributed by atoms with Crippen molar-refractivity contribution in [2.45, 2.75) is 45.2 Å². The lowest BCUT2D eigenvalue weighted by molar-refractivity contribution is -0.122. The molecule has 1 aliphatic rings. The Bertz CT molecular complexity index is 202. The molecule has 1 heterocycles. The van der Waals surface area contributed by atoms with Gasteiger partial charge in [0.05, 0.1) is 6.04 Å². The highest BCUT2D eigenvalue weighted by Gasteiger charge is 2.21. The highest BCUT2D eigenvalue weighted by Crippen LogP contribution is 2.10. The number of amides is 1. The van der Waals surface area contributed by atoms with Gasteiger partial charge in [0, 0.05) is 12.6 Å². The minimum absolute atomic E-state index is 0.154. The van der Waals surface area contributed by atoms with Gasteiger partial charge < -0.3 is 11.1 Å². The molecule has 0 aromatic rings. The summed E-state index contributed by atoms with van der Waals surface area (Å²) in [6.07, 6.45) is 3.77. The van der Waals surface area contributed by atoms with Gasteiger partial charge in [0.25, 0.3) is 0 Å². The number of nitrogens with two attached hydrogens (primary N) is 1. The fourth-order valence-electron chi connectivity index (χ4n) is 2.10. The molecule has 0 aromatic carbocycles. The molecule has 1 aliphatic heterocycles. The number of carbonyl (C=O) groups excluding carboxylic acids is 1. The van der Waals surface area contributed by atoms with Crippen molar-refractivity contribution >= 4 is 5.91 Å². The first kappa shape index (κ1) is 12.5. The summed E-state index contributed by atoms with van der Waals surface area (Å²) >= 11 is 0. The van der Waals surface area contributed by atoms with Crippen LogP contribution in [0, 0.1) is 0 Å². The predicted octanol–water partition coefficient (Wildman–Crippen LogP) is 0.324. The Kier molecular flexibility index (Phi) is 5.05. The highest BCUT2D eigenvalue weighted by atomic mass is 16.1. The molecular formula is C11H23N3O. The second kappa shape index (κ2) is 6.08. The summed E-state index contributed by atoms with van der Waals surface area (Å²) in [6.45, 7) is 6.87. The van der Waals surface area contributed by atoms with E-state index in [1.54, 1.807) is 0 Å². The van der Waals surface area contributed by atoms with Gasteiger partial charge in [-0.25, -0.2) is 0 Å². The Labute approximate surface area is 92.2 Å². The number of hydrogen-bond acceptors (Lipinski definition) is 3. The molecule has 4 nitrogen and oxygen atoms in total. The van der Waals surface area contributed by atoms with E-state index in [9.17, 15) is 4.79 Å². The normalized spacial score (nSPS) is 24.1. The maximum absolute atomic E-state index is 11.1. The van der Waals surface area contributed by atoms with E-state index in [0.717, 1.165) is 19.6 Å². The maximum Gasteiger partial charge on any atom is 0.234 e. The molecule has 1 amide bonds. The molecule has 2 atom stereocenters. The summed E-state index contributed by atoms with van der Waals surface area (Å²) in [5.41, 5.74) is 5.32. The van der Waals surface area contributed by atoms with Gasteiger partial charge in [-0.15, -0.1) is 0 Å². The topological polar surface area (TPSA) is 58.4 Å². The molecule has 1 rings (SSSR count). The number of rotatable bonds is 5. The second-order valence-electron chi connectivity index (χ2n) is 4.31. The van der Waals surface area contributed by atoms with Crippen LogP contribution in [0.25, 0.3) is 0 Å². The second-order valence-corrected chi connectivity index (χ2v) is 4.31. The number of carbonyl (C=O) groups is 1. The fourth-order valence-corrected chi connectivity index (χ4v) is 2.10. The third kappa shape index (κ3) is 3.80. The smallest absolute Gasteiger partial charge is 0.234 e. The van der Waals surface area contributed by atoms with Gasteiger partial charge in [0.15, 0.2) is 0 Å². The van der Waals surface area contributed by atoms with Gasteiger partial charge in [0.1, 0.15) is 0 Å². The molecule has 3 N–H and O–H groups in total.